The lowest BCUT2D eigenvalue weighted by atomic mass is 10.0. The van der Waals surface area contributed by atoms with Gasteiger partial charge in [-0.25, -0.2) is 9.37 Å². The molecule has 1 amide bonds. The Morgan fingerprint density at radius 2 is 2.13 bits per heavy atom. The highest BCUT2D eigenvalue weighted by molar-refractivity contribution is 6.27. The molecule has 164 valence electrons. The van der Waals surface area contributed by atoms with Crippen LogP contribution in [-0.2, 0) is 0 Å². The summed E-state index contributed by atoms with van der Waals surface area (Å²) in [4.78, 5) is 25.0. The van der Waals surface area contributed by atoms with Gasteiger partial charge in [-0.3, -0.25) is 9.79 Å². The summed E-state index contributed by atoms with van der Waals surface area (Å²) < 4.78 is 14.0. The summed E-state index contributed by atoms with van der Waals surface area (Å²) >= 11 is 5.64. The number of nitrogens with zero attached hydrogens (tertiary/aromatic N) is 2. The van der Waals surface area contributed by atoms with E-state index in [1.807, 2.05) is 24.3 Å². The van der Waals surface area contributed by atoms with Crippen molar-refractivity contribution >= 4 is 34.4 Å². The quantitative estimate of drug-likeness (QED) is 0.182. The molecule has 0 bridgehead atoms. The Morgan fingerprint density at radius 3 is 2.84 bits per heavy atom. The average molecular weight is 446 g/mol. The van der Waals surface area contributed by atoms with Crippen LogP contribution in [0.15, 0.2) is 35.3 Å². The number of phenolic OH excluding ortho intramolecular Hbond substituents is 1. The number of amides is 1. The lowest BCUT2D eigenvalue weighted by Gasteiger charge is -2.18. The Labute approximate surface area is 184 Å². The number of H-pyrrole nitrogens is 1. The van der Waals surface area contributed by atoms with Crippen LogP contribution < -0.4 is 11.1 Å². The van der Waals surface area contributed by atoms with Crippen molar-refractivity contribution in [1.82, 2.24) is 15.3 Å². The molecule has 0 aliphatic heterocycles. The highest BCUT2D eigenvalue weighted by Crippen LogP contribution is 2.28. The molecule has 1 aromatic heterocycles. The smallest absolute Gasteiger partial charge is 0.255 e. The van der Waals surface area contributed by atoms with Gasteiger partial charge in [0.05, 0.1) is 28.5 Å². The van der Waals surface area contributed by atoms with E-state index in [-0.39, 0.29) is 28.3 Å². The molecule has 0 saturated heterocycles. The molecule has 0 spiro atoms. The molecule has 7 nitrogen and oxygen atoms in total. The number of para-hydroxylation sites is 2. The van der Waals surface area contributed by atoms with Crippen molar-refractivity contribution in [3.8, 4) is 5.75 Å². The van der Waals surface area contributed by atoms with Crippen LogP contribution in [-0.4, -0.2) is 39.2 Å². The number of aromatic hydroxyl groups is 1. The fraction of sp³-hybridized carbons (Fsp3) is 0.318. The number of hydrogen-bond donors (Lipinski definition) is 4. The van der Waals surface area contributed by atoms with E-state index in [4.69, 9.17) is 17.3 Å². The van der Waals surface area contributed by atoms with Gasteiger partial charge in [0.1, 0.15) is 23.2 Å². The molecule has 0 aliphatic carbocycles. The second-order valence-corrected chi connectivity index (χ2v) is 7.61. The number of carbonyl (C=O) groups is 1. The van der Waals surface area contributed by atoms with E-state index < -0.39 is 17.8 Å². The summed E-state index contributed by atoms with van der Waals surface area (Å²) in [6, 6.07) is 8.41. The van der Waals surface area contributed by atoms with E-state index in [1.54, 1.807) is 6.92 Å². The van der Waals surface area contributed by atoms with E-state index in [2.05, 4.69) is 20.3 Å². The monoisotopic (exact) mass is 445 g/mol. The topological polar surface area (TPSA) is 116 Å². The second-order valence-electron chi connectivity index (χ2n) is 7.34. The zero-order valence-electron chi connectivity index (χ0n) is 17.4. The van der Waals surface area contributed by atoms with Gasteiger partial charge in [0.15, 0.2) is 0 Å². The summed E-state index contributed by atoms with van der Waals surface area (Å²) in [5.41, 5.74) is 7.60. The molecule has 2 aromatic carbocycles. The van der Waals surface area contributed by atoms with Crippen molar-refractivity contribution in [3.05, 3.63) is 58.7 Å². The zero-order valence-corrected chi connectivity index (χ0v) is 18.1. The number of rotatable bonds is 8. The second kappa shape index (κ2) is 9.78. The fourth-order valence-corrected chi connectivity index (χ4v) is 3.42. The Hall–Kier alpha value is -3.13. The molecule has 1 heterocycles. The van der Waals surface area contributed by atoms with Crippen LogP contribution in [0.1, 0.15) is 46.2 Å². The zero-order chi connectivity index (χ0) is 22.5. The number of aryl methyl sites for hydroxylation is 1. The molecule has 1 atom stereocenters. The molecular formula is C22H25ClFN5O2. The number of aromatic nitrogens is 2. The number of nitrogens with two attached hydrogens (primary N) is 1. The van der Waals surface area contributed by atoms with Crippen molar-refractivity contribution in [2.75, 3.05) is 12.4 Å². The average Bonchev–Trinajstić information content (AvgIpc) is 3.20. The Kier molecular flexibility index (Phi) is 7.12. The van der Waals surface area contributed by atoms with Gasteiger partial charge >= 0.3 is 0 Å². The van der Waals surface area contributed by atoms with Gasteiger partial charge in [0, 0.05) is 12.1 Å². The summed E-state index contributed by atoms with van der Waals surface area (Å²) in [6.07, 6.45) is 1.14. The molecule has 3 rings (SSSR count). The summed E-state index contributed by atoms with van der Waals surface area (Å²) in [6.45, 7) is 3.43. The number of aliphatic imine (C=N–C) groups is 1. The van der Waals surface area contributed by atoms with Crippen LogP contribution in [0.5, 0.6) is 5.75 Å². The molecule has 1 unspecified atom stereocenters. The molecular weight excluding hydrogens is 421 g/mol. The Bertz CT molecular complexity index is 1100. The molecule has 31 heavy (non-hydrogen) atoms. The molecule has 9 heteroatoms. The predicted octanol–water partition coefficient (Wildman–Crippen LogP) is 3.87. The standard InChI is InChI=1S/C22H25ClFN5O2/c1-12-10-14(20(30)13(2)19(12)24)22(31)29-17(8-5-9-26-18(25)11-23)21-27-15-6-3-4-7-16(15)28-21/h3-4,6-7,10,17,30H,5,8-9,11H2,1-2H3,(H2,25,26)(H,27,28)(H,29,31). The lowest BCUT2D eigenvalue weighted by Crippen LogP contribution is -2.30. The molecule has 3 aromatic rings. The third-order valence-electron chi connectivity index (χ3n) is 5.04. The summed E-state index contributed by atoms with van der Waals surface area (Å²) in [7, 11) is 0. The fourth-order valence-electron chi connectivity index (χ4n) is 3.33. The lowest BCUT2D eigenvalue weighted by molar-refractivity contribution is 0.0929. The number of alkyl halides is 1. The first kappa shape index (κ1) is 22.6. The van der Waals surface area contributed by atoms with Gasteiger partial charge in [-0.1, -0.05) is 12.1 Å². The van der Waals surface area contributed by atoms with Crippen LogP contribution in [0.25, 0.3) is 11.0 Å². The third-order valence-corrected chi connectivity index (χ3v) is 5.31. The number of aromatic amines is 1. The van der Waals surface area contributed by atoms with Crippen LogP contribution >= 0.6 is 11.6 Å². The first-order valence-electron chi connectivity index (χ1n) is 9.90. The number of phenols is 1. The SMILES string of the molecule is Cc1cc(C(=O)NC(CCCN=C(N)CCl)c2nc3ccccc3[nH]2)c(O)c(C)c1F. The normalized spacial score (nSPS) is 12.8. The minimum absolute atomic E-state index is 0.0157. The van der Waals surface area contributed by atoms with Crippen molar-refractivity contribution < 1.29 is 14.3 Å². The summed E-state index contributed by atoms with van der Waals surface area (Å²) in [5.74, 6) is -0.321. The number of amidine groups is 1. The summed E-state index contributed by atoms with van der Waals surface area (Å²) in [5, 5.41) is 13.2. The number of carbonyl (C=O) groups excluding carboxylic acids is 1. The maximum absolute atomic E-state index is 14.0. The number of fused-ring (bicyclic) bond motifs is 1. The number of nitrogens with one attached hydrogen (secondary N) is 2. The van der Waals surface area contributed by atoms with Gasteiger partial charge in [-0.15, -0.1) is 11.6 Å². The van der Waals surface area contributed by atoms with Crippen molar-refractivity contribution in [2.45, 2.75) is 32.7 Å². The van der Waals surface area contributed by atoms with E-state index >= 15 is 0 Å². The van der Waals surface area contributed by atoms with E-state index in [0.717, 1.165) is 11.0 Å². The maximum atomic E-state index is 14.0. The Balaban J connectivity index is 1.86. The minimum Gasteiger partial charge on any atom is -0.507 e. The number of halogens is 2. The highest BCUT2D eigenvalue weighted by atomic mass is 35.5. The predicted molar refractivity (Wildman–Crippen MR) is 120 cm³/mol. The molecule has 0 saturated carbocycles. The van der Waals surface area contributed by atoms with Crippen LogP contribution in [0.2, 0.25) is 0 Å². The molecule has 0 aliphatic rings. The first-order chi connectivity index (χ1) is 14.8. The number of benzene rings is 2. The van der Waals surface area contributed by atoms with Gasteiger partial charge in [0.2, 0.25) is 0 Å². The van der Waals surface area contributed by atoms with Crippen molar-refractivity contribution in [3.63, 3.8) is 0 Å². The molecule has 5 N–H and O–H groups in total. The van der Waals surface area contributed by atoms with Crippen LogP contribution in [0.3, 0.4) is 0 Å². The van der Waals surface area contributed by atoms with E-state index in [0.29, 0.717) is 31.0 Å². The van der Waals surface area contributed by atoms with Gasteiger partial charge < -0.3 is 21.1 Å². The van der Waals surface area contributed by atoms with Crippen molar-refractivity contribution in [1.29, 1.82) is 0 Å². The van der Waals surface area contributed by atoms with Crippen LogP contribution in [0.4, 0.5) is 4.39 Å². The van der Waals surface area contributed by atoms with E-state index in [1.165, 1.54) is 13.0 Å². The molecule has 0 fully saturated rings. The highest BCUT2D eigenvalue weighted by Gasteiger charge is 2.23. The largest absolute Gasteiger partial charge is 0.507 e. The van der Waals surface area contributed by atoms with Crippen LogP contribution in [0, 0.1) is 19.7 Å². The Morgan fingerprint density at radius 1 is 1.39 bits per heavy atom. The third kappa shape index (κ3) is 5.14. The minimum atomic E-state index is -0.530. The van der Waals surface area contributed by atoms with Gasteiger partial charge in [-0.2, -0.15) is 0 Å². The van der Waals surface area contributed by atoms with E-state index in [9.17, 15) is 14.3 Å². The number of imidazole rings is 1. The first-order valence-corrected chi connectivity index (χ1v) is 10.4. The van der Waals surface area contributed by atoms with Gasteiger partial charge in [0.25, 0.3) is 5.91 Å². The number of hydrogen-bond acceptors (Lipinski definition) is 4. The maximum Gasteiger partial charge on any atom is 0.255 e. The molecule has 0 radical (unpaired) electrons. The van der Waals surface area contributed by atoms with Crippen molar-refractivity contribution in [2.24, 2.45) is 10.7 Å². The van der Waals surface area contributed by atoms with Gasteiger partial charge in [-0.05, 0) is 50.5 Å².